The van der Waals surface area contributed by atoms with Crippen molar-refractivity contribution in [2.45, 2.75) is 26.4 Å². The lowest BCUT2D eigenvalue weighted by Gasteiger charge is -2.14. The van der Waals surface area contributed by atoms with Gasteiger partial charge in [-0.05, 0) is 66.8 Å². The molecule has 0 amide bonds. The van der Waals surface area contributed by atoms with Gasteiger partial charge in [0.05, 0.1) is 0 Å². The number of allylic oxidation sites excluding steroid dienone is 1. The first-order valence-corrected chi connectivity index (χ1v) is 8.66. The van der Waals surface area contributed by atoms with Crippen LogP contribution in [0.25, 0.3) is 17.5 Å². The van der Waals surface area contributed by atoms with E-state index >= 15 is 0 Å². The van der Waals surface area contributed by atoms with Gasteiger partial charge >= 0.3 is 0 Å². The average Bonchev–Trinajstić information content (AvgIpc) is 3.07. The van der Waals surface area contributed by atoms with Gasteiger partial charge in [0.2, 0.25) is 5.89 Å². The maximum Gasteiger partial charge on any atom is 0.226 e. The summed E-state index contributed by atoms with van der Waals surface area (Å²) in [6, 6.07) is 15.8. The van der Waals surface area contributed by atoms with E-state index in [1.54, 1.807) is 0 Å². The Kier molecular flexibility index (Phi) is 4.40. The molecule has 3 aromatic rings. The van der Waals surface area contributed by atoms with E-state index < -0.39 is 0 Å². The van der Waals surface area contributed by atoms with Crippen molar-refractivity contribution in [2.75, 3.05) is 0 Å². The molecule has 0 fully saturated rings. The molecular formula is C22H19NO3. The molecule has 0 spiro atoms. The predicted octanol–water partition coefficient (Wildman–Crippen LogP) is 4.76. The summed E-state index contributed by atoms with van der Waals surface area (Å²) in [6.45, 7) is 2.26. The normalized spacial score (nSPS) is 13.0. The number of hydrogen-bond acceptors (Lipinski definition) is 4. The number of nitrogens with zero attached hydrogens (tertiary/aromatic N) is 1. The molecule has 1 aliphatic carbocycles. The zero-order valence-corrected chi connectivity index (χ0v) is 14.6. The first-order chi connectivity index (χ1) is 12.7. The second-order valence-corrected chi connectivity index (χ2v) is 6.37. The third kappa shape index (κ3) is 3.31. The van der Waals surface area contributed by atoms with Gasteiger partial charge in [0, 0.05) is 5.56 Å². The van der Waals surface area contributed by atoms with Crippen molar-refractivity contribution in [1.29, 1.82) is 0 Å². The van der Waals surface area contributed by atoms with Gasteiger partial charge < -0.3 is 9.15 Å². The number of hydrogen-bond donors (Lipinski definition) is 0. The Hall–Kier alpha value is -3.14. The number of fused-ring (bicyclic) bond motifs is 1. The highest BCUT2D eigenvalue weighted by Crippen LogP contribution is 2.28. The van der Waals surface area contributed by atoms with Gasteiger partial charge in [-0.2, -0.15) is 0 Å². The van der Waals surface area contributed by atoms with Gasteiger partial charge in [-0.15, -0.1) is 0 Å². The first kappa shape index (κ1) is 16.3. The van der Waals surface area contributed by atoms with Crippen LogP contribution in [0.3, 0.4) is 0 Å². The molecule has 4 nitrogen and oxygen atoms in total. The fourth-order valence-corrected chi connectivity index (χ4v) is 3.09. The number of carbonyl (C=O) groups excluding carboxylic acids is 1. The molecule has 1 heterocycles. The smallest absolute Gasteiger partial charge is 0.226 e. The minimum atomic E-state index is 0.358. The molecule has 0 atom stereocenters. The Balaban J connectivity index is 1.49. The fraction of sp³-hybridized carbons (Fsp3) is 0.182. The molecule has 1 aliphatic rings. The van der Waals surface area contributed by atoms with E-state index in [1.807, 2.05) is 61.5 Å². The van der Waals surface area contributed by atoms with Crippen molar-refractivity contribution in [3.8, 4) is 17.2 Å². The quantitative estimate of drug-likeness (QED) is 0.626. The van der Waals surface area contributed by atoms with E-state index in [2.05, 4.69) is 4.98 Å². The number of ether oxygens (including phenoxy) is 1. The lowest BCUT2D eigenvalue weighted by molar-refractivity contribution is -0.105. The molecule has 0 aliphatic heterocycles. The van der Waals surface area contributed by atoms with Crippen molar-refractivity contribution >= 4 is 12.4 Å². The number of rotatable bonds is 5. The number of aryl methyl sites for hydroxylation is 2. The Morgan fingerprint density at radius 1 is 1.15 bits per heavy atom. The van der Waals surface area contributed by atoms with Crippen LogP contribution in [0.15, 0.2) is 58.5 Å². The van der Waals surface area contributed by atoms with E-state index in [4.69, 9.17) is 9.15 Å². The molecule has 26 heavy (non-hydrogen) atoms. The topological polar surface area (TPSA) is 52.3 Å². The number of benzene rings is 2. The molecule has 2 aromatic carbocycles. The van der Waals surface area contributed by atoms with Gasteiger partial charge in [0.1, 0.15) is 30.1 Å². The zero-order valence-electron chi connectivity index (χ0n) is 14.6. The molecule has 0 bridgehead atoms. The first-order valence-electron chi connectivity index (χ1n) is 8.66. The summed E-state index contributed by atoms with van der Waals surface area (Å²) in [7, 11) is 0. The second kappa shape index (κ2) is 7.00. The van der Waals surface area contributed by atoms with E-state index in [0.29, 0.717) is 12.5 Å². The molecule has 4 heteroatoms. The Morgan fingerprint density at radius 2 is 2.00 bits per heavy atom. The summed E-state index contributed by atoms with van der Waals surface area (Å²) in [5.41, 5.74) is 4.89. The molecule has 130 valence electrons. The number of carbonyl (C=O) groups is 1. The van der Waals surface area contributed by atoms with Crippen LogP contribution in [-0.2, 0) is 17.8 Å². The molecule has 0 unspecified atom stereocenters. The van der Waals surface area contributed by atoms with Crippen LogP contribution < -0.4 is 4.74 Å². The van der Waals surface area contributed by atoms with Crippen molar-refractivity contribution in [3.05, 3.63) is 76.7 Å². The predicted molar refractivity (Wildman–Crippen MR) is 99.8 cm³/mol. The maximum atomic E-state index is 10.9. The molecule has 0 saturated carbocycles. The van der Waals surface area contributed by atoms with Gasteiger partial charge in [-0.25, -0.2) is 4.98 Å². The van der Waals surface area contributed by atoms with E-state index in [9.17, 15) is 4.79 Å². The molecule has 1 aromatic heterocycles. The molecule has 0 radical (unpaired) electrons. The summed E-state index contributed by atoms with van der Waals surface area (Å²) < 4.78 is 11.7. The highest BCUT2D eigenvalue weighted by atomic mass is 16.5. The number of aldehydes is 1. The van der Waals surface area contributed by atoms with Gasteiger partial charge in [0.15, 0.2) is 0 Å². The van der Waals surface area contributed by atoms with E-state index in [1.165, 1.54) is 5.56 Å². The lowest BCUT2D eigenvalue weighted by atomic mass is 9.93. The van der Waals surface area contributed by atoms with Crippen LogP contribution in [0, 0.1) is 6.92 Å². The molecular weight excluding hydrogens is 326 g/mol. The maximum absolute atomic E-state index is 10.9. The van der Waals surface area contributed by atoms with Crippen LogP contribution in [0.1, 0.15) is 29.0 Å². The minimum absolute atomic E-state index is 0.358. The molecule has 0 saturated heterocycles. The summed E-state index contributed by atoms with van der Waals surface area (Å²) in [5, 5.41) is 0. The van der Waals surface area contributed by atoms with Crippen LogP contribution in [0.4, 0.5) is 0 Å². The van der Waals surface area contributed by atoms with Crippen LogP contribution in [0.2, 0.25) is 0 Å². The number of oxazole rings is 1. The summed E-state index contributed by atoms with van der Waals surface area (Å²) in [5.74, 6) is 2.18. The Morgan fingerprint density at radius 3 is 2.81 bits per heavy atom. The van der Waals surface area contributed by atoms with Gasteiger partial charge in [-0.1, -0.05) is 24.3 Å². The van der Waals surface area contributed by atoms with Crippen LogP contribution in [-0.4, -0.2) is 11.3 Å². The fourth-order valence-electron chi connectivity index (χ4n) is 3.09. The monoisotopic (exact) mass is 345 g/mol. The van der Waals surface area contributed by atoms with Crippen molar-refractivity contribution < 1.29 is 13.9 Å². The van der Waals surface area contributed by atoms with Gasteiger partial charge in [-0.3, -0.25) is 4.79 Å². The second-order valence-electron chi connectivity index (χ2n) is 6.37. The minimum Gasteiger partial charge on any atom is -0.487 e. The van der Waals surface area contributed by atoms with E-state index in [-0.39, 0.29) is 0 Å². The van der Waals surface area contributed by atoms with Gasteiger partial charge in [0.25, 0.3) is 0 Å². The lowest BCUT2D eigenvalue weighted by Crippen LogP contribution is -2.02. The Labute approximate surface area is 152 Å². The van der Waals surface area contributed by atoms with Crippen LogP contribution in [0.5, 0.6) is 5.75 Å². The highest BCUT2D eigenvalue weighted by molar-refractivity contribution is 5.83. The molecule has 0 N–H and O–H groups in total. The number of aromatic nitrogens is 1. The van der Waals surface area contributed by atoms with Crippen LogP contribution >= 0.6 is 0 Å². The third-order valence-corrected chi connectivity index (χ3v) is 4.58. The van der Waals surface area contributed by atoms with Crippen molar-refractivity contribution in [3.63, 3.8) is 0 Å². The Bertz CT molecular complexity index is 970. The van der Waals surface area contributed by atoms with E-state index in [0.717, 1.165) is 53.0 Å². The molecule has 4 rings (SSSR count). The summed E-state index contributed by atoms with van der Waals surface area (Å²) >= 11 is 0. The zero-order chi connectivity index (χ0) is 17.9. The van der Waals surface area contributed by atoms with Crippen molar-refractivity contribution in [1.82, 2.24) is 4.98 Å². The SMILES string of the molecule is Cc1oc(-c2ccccc2)nc1COc1ccc2c(c1)CCC(C=O)=C2. The van der Waals surface area contributed by atoms with Crippen molar-refractivity contribution in [2.24, 2.45) is 0 Å². The summed E-state index contributed by atoms with van der Waals surface area (Å²) in [4.78, 5) is 15.5. The highest BCUT2D eigenvalue weighted by Gasteiger charge is 2.14. The summed E-state index contributed by atoms with van der Waals surface area (Å²) in [6.07, 6.45) is 4.52. The average molecular weight is 345 g/mol. The largest absolute Gasteiger partial charge is 0.487 e. The standard InChI is InChI=1S/C22H19NO3/c1-15-21(23-22(26-15)17-5-3-2-4-6-17)14-25-20-10-9-18-11-16(13-24)7-8-19(18)12-20/h2-6,9-13H,7-8,14H2,1H3. The third-order valence-electron chi connectivity index (χ3n) is 4.58.